The van der Waals surface area contributed by atoms with Crippen LogP contribution in [0.3, 0.4) is 0 Å². The molecule has 0 amide bonds. The molecule has 2 aromatic rings. The van der Waals surface area contributed by atoms with Gasteiger partial charge in [0.2, 0.25) is 5.89 Å². The van der Waals surface area contributed by atoms with Crippen LogP contribution >= 0.6 is 15.9 Å². The third kappa shape index (κ3) is 2.53. The van der Waals surface area contributed by atoms with E-state index in [0.29, 0.717) is 22.1 Å². The van der Waals surface area contributed by atoms with Gasteiger partial charge in [-0.05, 0) is 28.1 Å². The third-order valence-electron chi connectivity index (χ3n) is 1.64. The fourth-order valence-electron chi connectivity index (χ4n) is 1.01. The molecular weight excluding hydrogens is 262 g/mol. The SMILES string of the molecule is Cc1nnc(COc2cccnc2Br)o1. The second kappa shape index (κ2) is 4.39. The number of hydrogen-bond donors (Lipinski definition) is 0. The van der Waals surface area contributed by atoms with E-state index < -0.39 is 0 Å². The lowest BCUT2D eigenvalue weighted by Gasteiger charge is -2.03. The fourth-order valence-corrected chi connectivity index (χ4v) is 1.38. The third-order valence-corrected chi connectivity index (χ3v) is 2.24. The van der Waals surface area contributed by atoms with Crippen LogP contribution in [0.5, 0.6) is 5.75 Å². The molecule has 0 aliphatic carbocycles. The summed E-state index contributed by atoms with van der Waals surface area (Å²) in [5.41, 5.74) is 0. The smallest absolute Gasteiger partial charge is 0.253 e. The summed E-state index contributed by atoms with van der Waals surface area (Å²) in [6.45, 7) is 1.97. The Bertz CT molecular complexity index is 458. The minimum absolute atomic E-state index is 0.241. The number of nitrogens with zero attached hydrogens (tertiary/aromatic N) is 3. The zero-order chi connectivity index (χ0) is 10.7. The summed E-state index contributed by atoms with van der Waals surface area (Å²) in [5, 5.41) is 7.51. The highest BCUT2D eigenvalue weighted by Gasteiger charge is 2.05. The molecule has 6 heteroatoms. The lowest BCUT2D eigenvalue weighted by molar-refractivity contribution is 0.258. The van der Waals surface area contributed by atoms with Gasteiger partial charge in [-0.15, -0.1) is 10.2 Å². The summed E-state index contributed by atoms with van der Waals surface area (Å²) >= 11 is 3.27. The second-order valence-electron chi connectivity index (χ2n) is 2.80. The highest BCUT2D eigenvalue weighted by atomic mass is 79.9. The van der Waals surface area contributed by atoms with E-state index in [9.17, 15) is 0 Å². The summed E-state index contributed by atoms with van der Waals surface area (Å²) in [4.78, 5) is 4.02. The quantitative estimate of drug-likeness (QED) is 0.799. The zero-order valence-corrected chi connectivity index (χ0v) is 9.56. The first kappa shape index (κ1) is 10.1. The van der Waals surface area contributed by atoms with E-state index in [2.05, 4.69) is 31.1 Å². The number of aryl methyl sites for hydroxylation is 1. The van der Waals surface area contributed by atoms with Gasteiger partial charge >= 0.3 is 0 Å². The number of hydrogen-bond acceptors (Lipinski definition) is 5. The summed E-state index contributed by atoms with van der Waals surface area (Å²) in [6.07, 6.45) is 1.67. The minimum Gasteiger partial charge on any atom is -0.481 e. The van der Waals surface area contributed by atoms with E-state index in [1.54, 1.807) is 25.3 Å². The van der Waals surface area contributed by atoms with Crippen LogP contribution < -0.4 is 4.74 Å². The molecule has 2 heterocycles. The van der Waals surface area contributed by atoms with Gasteiger partial charge < -0.3 is 9.15 Å². The van der Waals surface area contributed by atoms with E-state index in [-0.39, 0.29) is 6.61 Å². The molecular formula is C9H8BrN3O2. The summed E-state index contributed by atoms with van der Waals surface area (Å²) in [6, 6.07) is 3.60. The van der Waals surface area contributed by atoms with Gasteiger partial charge in [0.25, 0.3) is 5.89 Å². The van der Waals surface area contributed by atoms with Crippen LogP contribution in [0.25, 0.3) is 0 Å². The average Bonchev–Trinajstić information content (AvgIpc) is 2.63. The number of halogens is 1. The van der Waals surface area contributed by atoms with Crippen molar-refractivity contribution in [1.82, 2.24) is 15.2 Å². The van der Waals surface area contributed by atoms with Gasteiger partial charge in [0.15, 0.2) is 12.4 Å². The number of aromatic nitrogens is 3. The molecule has 0 radical (unpaired) electrons. The molecule has 0 atom stereocenters. The topological polar surface area (TPSA) is 61.0 Å². The lowest BCUT2D eigenvalue weighted by atomic mass is 10.5. The molecule has 2 rings (SSSR count). The van der Waals surface area contributed by atoms with Crippen LogP contribution in [0, 0.1) is 6.92 Å². The van der Waals surface area contributed by atoms with Crippen LogP contribution in [0.4, 0.5) is 0 Å². The Hall–Kier alpha value is -1.43. The van der Waals surface area contributed by atoms with Crippen molar-refractivity contribution in [3.05, 3.63) is 34.7 Å². The molecule has 0 aliphatic rings. The van der Waals surface area contributed by atoms with Crippen LogP contribution in [0.1, 0.15) is 11.8 Å². The molecule has 0 spiro atoms. The van der Waals surface area contributed by atoms with Crippen molar-refractivity contribution in [2.75, 3.05) is 0 Å². The van der Waals surface area contributed by atoms with E-state index in [0.717, 1.165) is 0 Å². The molecule has 2 aromatic heterocycles. The first-order chi connectivity index (χ1) is 7.25. The first-order valence-corrected chi connectivity index (χ1v) is 5.07. The molecule has 0 N–H and O–H groups in total. The van der Waals surface area contributed by atoms with Crippen LogP contribution in [-0.4, -0.2) is 15.2 Å². The molecule has 0 fully saturated rings. The monoisotopic (exact) mass is 269 g/mol. The molecule has 0 bridgehead atoms. The van der Waals surface area contributed by atoms with Crippen LogP contribution in [-0.2, 0) is 6.61 Å². The van der Waals surface area contributed by atoms with E-state index >= 15 is 0 Å². The first-order valence-electron chi connectivity index (χ1n) is 4.28. The predicted octanol–water partition coefficient (Wildman–Crippen LogP) is 2.11. The Morgan fingerprint density at radius 3 is 3.00 bits per heavy atom. The van der Waals surface area contributed by atoms with Crippen molar-refractivity contribution >= 4 is 15.9 Å². The van der Waals surface area contributed by atoms with Gasteiger partial charge in [0, 0.05) is 13.1 Å². The van der Waals surface area contributed by atoms with Crippen molar-refractivity contribution in [1.29, 1.82) is 0 Å². The highest BCUT2D eigenvalue weighted by Crippen LogP contribution is 2.21. The van der Waals surface area contributed by atoms with Gasteiger partial charge in [-0.25, -0.2) is 4.98 Å². The van der Waals surface area contributed by atoms with Gasteiger partial charge in [-0.2, -0.15) is 0 Å². The molecule has 0 saturated heterocycles. The molecule has 15 heavy (non-hydrogen) atoms. The summed E-state index contributed by atoms with van der Waals surface area (Å²) < 4.78 is 11.2. The van der Waals surface area contributed by atoms with Gasteiger partial charge in [-0.3, -0.25) is 0 Å². The van der Waals surface area contributed by atoms with Gasteiger partial charge in [0.05, 0.1) is 0 Å². The lowest BCUT2D eigenvalue weighted by Crippen LogP contribution is -1.96. The molecule has 78 valence electrons. The zero-order valence-electron chi connectivity index (χ0n) is 7.98. The van der Waals surface area contributed by atoms with E-state index in [1.807, 2.05) is 0 Å². The van der Waals surface area contributed by atoms with Crippen molar-refractivity contribution in [3.8, 4) is 5.75 Å². The molecule has 0 saturated carbocycles. The maximum atomic E-state index is 5.43. The van der Waals surface area contributed by atoms with Crippen molar-refractivity contribution < 1.29 is 9.15 Å². The number of ether oxygens (including phenoxy) is 1. The maximum Gasteiger partial charge on any atom is 0.253 e. The Morgan fingerprint density at radius 1 is 1.47 bits per heavy atom. The largest absolute Gasteiger partial charge is 0.481 e. The van der Waals surface area contributed by atoms with E-state index in [1.165, 1.54) is 0 Å². The summed E-state index contributed by atoms with van der Waals surface area (Å²) in [7, 11) is 0. The summed E-state index contributed by atoms with van der Waals surface area (Å²) in [5.74, 6) is 1.62. The fraction of sp³-hybridized carbons (Fsp3) is 0.222. The van der Waals surface area contributed by atoms with Crippen LogP contribution in [0.2, 0.25) is 0 Å². The van der Waals surface area contributed by atoms with Crippen molar-refractivity contribution in [2.24, 2.45) is 0 Å². The molecule has 5 nitrogen and oxygen atoms in total. The van der Waals surface area contributed by atoms with Crippen molar-refractivity contribution in [3.63, 3.8) is 0 Å². The standard InChI is InChI=1S/C9H8BrN3O2/c1-6-12-13-8(15-6)5-14-7-3-2-4-11-9(7)10/h2-4H,5H2,1H3. The normalized spacial score (nSPS) is 10.3. The minimum atomic E-state index is 0.241. The average molecular weight is 270 g/mol. The Morgan fingerprint density at radius 2 is 2.33 bits per heavy atom. The Kier molecular flexibility index (Phi) is 2.96. The van der Waals surface area contributed by atoms with Gasteiger partial charge in [0.1, 0.15) is 4.60 Å². The Balaban J connectivity index is 2.02. The maximum absolute atomic E-state index is 5.43. The molecule has 0 aromatic carbocycles. The molecule has 0 unspecified atom stereocenters. The van der Waals surface area contributed by atoms with E-state index in [4.69, 9.17) is 9.15 Å². The predicted molar refractivity (Wildman–Crippen MR) is 55.3 cm³/mol. The number of rotatable bonds is 3. The Labute approximate surface area is 94.6 Å². The molecule has 0 aliphatic heterocycles. The van der Waals surface area contributed by atoms with Gasteiger partial charge in [-0.1, -0.05) is 0 Å². The highest BCUT2D eigenvalue weighted by molar-refractivity contribution is 9.10. The van der Waals surface area contributed by atoms with Crippen LogP contribution in [0.15, 0.2) is 27.3 Å². The number of pyridine rings is 1. The second-order valence-corrected chi connectivity index (χ2v) is 3.55. The van der Waals surface area contributed by atoms with Crippen molar-refractivity contribution in [2.45, 2.75) is 13.5 Å².